The molecule has 3 nitrogen and oxygen atoms in total. The molecular formula is C59H44N2O. The Morgan fingerprint density at radius 1 is 0.419 bits per heavy atom. The van der Waals surface area contributed by atoms with Crippen LogP contribution in [0.5, 0.6) is 0 Å². The average molecular weight is 797 g/mol. The molecule has 0 fully saturated rings. The van der Waals surface area contributed by atoms with Crippen molar-refractivity contribution < 1.29 is 4.79 Å². The van der Waals surface area contributed by atoms with E-state index in [2.05, 4.69) is 228 Å². The molecule has 10 rings (SSSR count). The van der Waals surface area contributed by atoms with Crippen LogP contribution in [0, 0.1) is 0 Å². The smallest absolute Gasteiger partial charge is 0.162 e. The molecular weight excluding hydrogens is 753 g/mol. The predicted octanol–water partition coefficient (Wildman–Crippen LogP) is 15.6. The summed E-state index contributed by atoms with van der Waals surface area (Å²) in [5, 5.41) is 2.41. The molecule has 0 saturated carbocycles. The zero-order chi connectivity index (χ0) is 42.0. The third kappa shape index (κ3) is 7.53. The quantitative estimate of drug-likeness (QED) is 0.122. The number of nitrogens with zero attached hydrogens (tertiary/aromatic N) is 2. The summed E-state index contributed by atoms with van der Waals surface area (Å²) in [6.07, 6.45) is 0.366. The third-order valence-electron chi connectivity index (χ3n) is 11.9. The maximum Gasteiger partial charge on any atom is 0.162 e. The number of anilines is 3. The highest BCUT2D eigenvalue weighted by molar-refractivity contribution is 6.10. The minimum atomic E-state index is 0.0679. The molecule has 1 aromatic heterocycles. The second kappa shape index (κ2) is 16.6. The molecule has 0 unspecified atom stereocenters. The van der Waals surface area contributed by atoms with Crippen molar-refractivity contribution in [3.63, 3.8) is 0 Å². The molecule has 0 saturated heterocycles. The van der Waals surface area contributed by atoms with Crippen LogP contribution in [0.25, 0.3) is 72.0 Å². The number of hydrogen-bond donors (Lipinski definition) is 0. The summed E-state index contributed by atoms with van der Waals surface area (Å²) in [6, 6.07) is 80.1. The third-order valence-corrected chi connectivity index (χ3v) is 11.9. The molecule has 296 valence electrons. The lowest BCUT2D eigenvalue weighted by molar-refractivity contribution is -0.114. The van der Waals surface area contributed by atoms with Crippen molar-refractivity contribution in [2.45, 2.75) is 13.3 Å². The van der Waals surface area contributed by atoms with Crippen molar-refractivity contribution in [1.29, 1.82) is 0 Å². The SMILES string of the molecule is C=C(C)C(=O)Cc1ccc(-n2c3ccccc3c3cc(-c4ccc(-c5ccc(N(c6ccc(-c7ccccc7)cc6)c6ccc(-c7ccccc7)cc6)cc5)cc4)ccc32)cc1. The summed E-state index contributed by atoms with van der Waals surface area (Å²) >= 11 is 0. The number of carbonyl (C=O) groups is 1. The van der Waals surface area contributed by atoms with Crippen LogP contribution < -0.4 is 4.90 Å². The normalized spacial score (nSPS) is 11.2. The first-order chi connectivity index (χ1) is 30.5. The molecule has 0 bridgehead atoms. The van der Waals surface area contributed by atoms with Crippen LogP contribution >= 0.6 is 0 Å². The molecule has 3 heteroatoms. The van der Waals surface area contributed by atoms with E-state index in [-0.39, 0.29) is 5.78 Å². The highest BCUT2D eigenvalue weighted by Gasteiger charge is 2.16. The van der Waals surface area contributed by atoms with Crippen molar-refractivity contribution in [3.8, 4) is 50.2 Å². The molecule has 62 heavy (non-hydrogen) atoms. The van der Waals surface area contributed by atoms with Gasteiger partial charge in [0.15, 0.2) is 5.78 Å². The highest BCUT2D eigenvalue weighted by Crippen LogP contribution is 2.39. The van der Waals surface area contributed by atoms with Gasteiger partial charge in [-0.1, -0.05) is 164 Å². The van der Waals surface area contributed by atoms with Crippen LogP contribution in [-0.4, -0.2) is 10.4 Å². The lowest BCUT2D eigenvalue weighted by atomic mass is 9.98. The minimum absolute atomic E-state index is 0.0679. The van der Waals surface area contributed by atoms with Gasteiger partial charge in [-0.05, 0) is 129 Å². The molecule has 0 aliphatic carbocycles. The summed E-state index contributed by atoms with van der Waals surface area (Å²) in [4.78, 5) is 14.6. The zero-order valence-electron chi connectivity index (χ0n) is 34.6. The largest absolute Gasteiger partial charge is 0.311 e. The number of aromatic nitrogens is 1. The summed E-state index contributed by atoms with van der Waals surface area (Å²) in [5.41, 5.74) is 17.7. The van der Waals surface area contributed by atoms with Gasteiger partial charge in [0.2, 0.25) is 0 Å². The maximum absolute atomic E-state index is 12.3. The highest BCUT2D eigenvalue weighted by atomic mass is 16.1. The van der Waals surface area contributed by atoms with E-state index in [0.717, 1.165) is 50.5 Å². The monoisotopic (exact) mass is 796 g/mol. The van der Waals surface area contributed by atoms with Crippen molar-refractivity contribution in [2.24, 2.45) is 0 Å². The Kier molecular flexibility index (Phi) is 10.2. The van der Waals surface area contributed by atoms with Gasteiger partial charge in [-0.15, -0.1) is 0 Å². The molecule has 0 N–H and O–H groups in total. The summed E-state index contributed by atoms with van der Waals surface area (Å²) in [5.74, 6) is 0.0679. The number of hydrogen-bond acceptors (Lipinski definition) is 2. The number of ketones is 1. The second-order valence-corrected chi connectivity index (χ2v) is 15.9. The van der Waals surface area contributed by atoms with Crippen molar-refractivity contribution >= 4 is 44.7 Å². The lowest BCUT2D eigenvalue weighted by Crippen LogP contribution is -2.09. The van der Waals surface area contributed by atoms with Gasteiger partial charge in [0, 0.05) is 39.9 Å². The first-order valence-electron chi connectivity index (χ1n) is 21.1. The van der Waals surface area contributed by atoms with E-state index >= 15 is 0 Å². The molecule has 0 aliphatic rings. The summed E-state index contributed by atoms with van der Waals surface area (Å²) < 4.78 is 2.31. The summed E-state index contributed by atoms with van der Waals surface area (Å²) in [7, 11) is 0. The molecule has 1 heterocycles. The standard InChI is InChI=1S/C59H44N2O/c1-41(2)59(62)39-42-17-30-54(31-18-42)61-57-16-10-9-15-55(57)56-40-50(29-38-58(56)61)49-21-19-45(20-22-49)48-27-36-53(37-28-48)60(51-32-23-46(24-33-51)43-11-5-3-6-12-43)52-34-25-47(26-35-52)44-13-7-4-8-14-44/h3-38,40H,1,39H2,2H3. The number of Topliss-reactive ketones (excluding diaryl/α,β-unsaturated/α-hetero) is 1. The van der Waals surface area contributed by atoms with Crippen LogP contribution in [0.2, 0.25) is 0 Å². The number of benzene rings is 9. The van der Waals surface area contributed by atoms with Crippen molar-refractivity contribution in [1.82, 2.24) is 4.57 Å². The van der Waals surface area contributed by atoms with Gasteiger partial charge in [-0.25, -0.2) is 0 Å². The van der Waals surface area contributed by atoms with Crippen LogP contribution in [0.4, 0.5) is 17.1 Å². The van der Waals surface area contributed by atoms with Gasteiger partial charge >= 0.3 is 0 Å². The Balaban J connectivity index is 0.934. The van der Waals surface area contributed by atoms with Gasteiger partial charge in [-0.3, -0.25) is 4.79 Å². The van der Waals surface area contributed by atoms with E-state index in [1.54, 1.807) is 6.92 Å². The van der Waals surface area contributed by atoms with Gasteiger partial charge in [-0.2, -0.15) is 0 Å². The van der Waals surface area contributed by atoms with E-state index < -0.39 is 0 Å². The van der Waals surface area contributed by atoms with Gasteiger partial charge < -0.3 is 9.47 Å². The van der Waals surface area contributed by atoms with E-state index in [9.17, 15) is 4.79 Å². The van der Waals surface area contributed by atoms with E-state index in [1.807, 2.05) is 12.1 Å². The Bertz CT molecular complexity index is 3100. The van der Waals surface area contributed by atoms with Crippen LogP contribution in [0.15, 0.2) is 237 Å². The fraction of sp³-hybridized carbons (Fsp3) is 0.0339. The molecule has 0 atom stereocenters. The minimum Gasteiger partial charge on any atom is -0.311 e. The number of allylic oxidation sites excluding steroid dienone is 1. The first-order valence-corrected chi connectivity index (χ1v) is 21.1. The van der Waals surface area contributed by atoms with Crippen molar-refractivity contribution in [2.75, 3.05) is 4.90 Å². The number of fused-ring (bicyclic) bond motifs is 3. The Labute approximate surface area is 363 Å². The Hall–Kier alpha value is -8.01. The maximum atomic E-state index is 12.3. The van der Waals surface area contributed by atoms with Crippen LogP contribution in [0.3, 0.4) is 0 Å². The lowest BCUT2D eigenvalue weighted by Gasteiger charge is -2.26. The molecule has 0 aliphatic heterocycles. The molecule has 10 aromatic rings. The molecule has 0 spiro atoms. The fourth-order valence-electron chi connectivity index (χ4n) is 8.50. The average Bonchev–Trinajstić information content (AvgIpc) is 3.67. The predicted molar refractivity (Wildman–Crippen MR) is 261 cm³/mol. The first kappa shape index (κ1) is 38.2. The number of rotatable bonds is 11. The zero-order valence-corrected chi connectivity index (χ0v) is 34.6. The van der Waals surface area contributed by atoms with E-state index in [1.165, 1.54) is 44.2 Å². The number of carbonyl (C=O) groups excluding carboxylic acids is 1. The topological polar surface area (TPSA) is 25.2 Å². The summed E-state index contributed by atoms with van der Waals surface area (Å²) in [6.45, 7) is 5.58. The van der Waals surface area contributed by atoms with Gasteiger partial charge in [0.1, 0.15) is 0 Å². The molecule has 9 aromatic carbocycles. The second-order valence-electron chi connectivity index (χ2n) is 15.9. The van der Waals surface area contributed by atoms with E-state index in [4.69, 9.17) is 0 Å². The van der Waals surface area contributed by atoms with Crippen LogP contribution in [-0.2, 0) is 11.2 Å². The number of para-hydroxylation sites is 1. The fourth-order valence-corrected chi connectivity index (χ4v) is 8.50. The van der Waals surface area contributed by atoms with Gasteiger partial charge in [0.25, 0.3) is 0 Å². The molecule has 0 radical (unpaired) electrons. The Morgan fingerprint density at radius 3 is 1.29 bits per heavy atom. The molecule has 0 amide bonds. The van der Waals surface area contributed by atoms with Gasteiger partial charge in [0.05, 0.1) is 11.0 Å². The van der Waals surface area contributed by atoms with Crippen molar-refractivity contribution in [3.05, 3.63) is 242 Å². The van der Waals surface area contributed by atoms with E-state index in [0.29, 0.717) is 12.0 Å². The van der Waals surface area contributed by atoms with Crippen LogP contribution in [0.1, 0.15) is 12.5 Å². The Morgan fingerprint density at radius 2 is 0.806 bits per heavy atom.